The van der Waals surface area contributed by atoms with E-state index in [2.05, 4.69) is 55.1 Å². The van der Waals surface area contributed by atoms with Crippen LogP contribution in [0.3, 0.4) is 0 Å². The van der Waals surface area contributed by atoms with Crippen molar-refractivity contribution in [3.8, 4) is 0 Å². The molecule has 156 valence electrons. The van der Waals surface area contributed by atoms with E-state index in [1.807, 2.05) is 0 Å². The van der Waals surface area contributed by atoms with Crippen LogP contribution in [0, 0.1) is 17.3 Å². The number of hydrogen-bond donors (Lipinski definition) is 2. The molecule has 4 heteroatoms. The van der Waals surface area contributed by atoms with Gasteiger partial charge in [-0.1, -0.05) is 0 Å². The Hall–Kier alpha value is -0.160. The molecule has 4 rings (SSSR count). The van der Waals surface area contributed by atoms with Crippen LogP contribution in [0.4, 0.5) is 0 Å². The van der Waals surface area contributed by atoms with Crippen LogP contribution in [-0.2, 0) is 0 Å². The minimum Gasteiger partial charge on any atom is -0.316 e. The third-order valence-corrected chi connectivity index (χ3v) is 8.72. The van der Waals surface area contributed by atoms with E-state index >= 15 is 0 Å². The lowest BCUT2D eigenvalue weighted by atomic mass is 9.66. The lowest BCUT2D eigenvalue weighted by Crippen LogP contribution is -2.56. The van der Waals surface area contributed by atoms with Crippen molar-refractivity contribution < 1.29 is 0 Å². The fraction of sp³-hybridized carbons (Fsp3) is 1.00. The van der Waals surface area contributed by atoms with E-state index in [1.54, 1.807) is 0 Å². The van der Waals surface area contributed by atoms with Crippen LogP contribution < -0.4 is 10.6 Å². The molecule has 27 heavy (non-hydrogen) atoms. The van der Waals surface area contributed by atoms with E-state index in [4.69, 9.17) is 0 Å². The standard InChI is InChI=1S/C23H44N4/c1-21(2,3)26-12-8-23(9-13-26)17-24-15-19(23)14-22(4,5)27-11-7-18-6-10-25-20(18)16-27/h18-20,24-25H,6-17H2,1-5H3. The molecule has 2 N–H and O–H groups in total. The van der Waals surface area contributed by atoms with Gasteiger partial charge in [0.2, 0.25) is 0 Å². The summed E-state index contributed by atoms with van der Waals surface area (Å²) in [5.74, 6) is 1.78. The van der Waals surface area contributed by atoms with Crippen molar-refractivity contribution in [1.82, 2.24) is 20.4 Å². The molecule has 0 amide bonds. The van der Waals surface area contributed by atoms with Gasteiger partial charge in [0.15, 0.2) is 0 Å². The summed E-state index contributed by atoms with van der Waals surface area (Å²) in [5, 5.41) is 7.57. The highest BCUT2D eigenvalue weighted by Gasteiger charge is 2.48. The van der Waals surface area contributed by atoms with Crippen LogP contribution in [0.1, 0.15) is 66.7 Å². The van der Waals surface area contributed by atoms with Gasteiger partial charge in [-0.25, -0.2) is 0 Å². The van der Waals surface area contributed by atoms with Crippen LogP contribution >= 0.6 is 0 Å². The molecular weight excluding hydrogens is 332 g/mol. The quantitative estimate of drug-likeness (QED) is 0.793. The summed E-state index contributed by atoms with van der Waals surface area (Å²) in [6.07, 6.45) is 6.91. The highest BCUT2D eigenvalue weighted by Crippen LogP contribution is 2.46. The number of hydrogen-bond acceptors (Lipinski definition) is 4. The third kappa shape index (κ3) is 3.97. The maximum atomic E-state index is 3.80. The van der Waals surface area contributed by atoms with Crippen LogP contribution in [0.5, 0.6) is 0 Å². The first-order valence-corrected chi connectivity index (χ1v) is 11.6. The van der Waals surface area contributed by atoms with Crippen molar-refractivity contribution in [3.63, 3.8) is 0 Å². The zero-order valence-corrected chi connectivity index (χ0v) is 18.6. The Morgan fingerprint density at radius 1 is 0.963 bits per heavy atom. The number of nitrogens with zero attached hydrogens (tertiary/aromatic N) is 2. The average Bonchev–Trinajstić information content (AvgIpc) is 3.21. The largest absolute Gasteiger partial charge is 0.316 e. The number of rotatable bonds is 3. The summed E-state index contributed by atoms with van der Waals surface area (Å²) in [5.41, 5.74) is 1.18. The molecule has 0 aromatic carbocycles. The van der Waals surface area contributed by atoms with Crippen LogP contribution in [-0.4, -0.2) is 72.7 Å². The van der Waals surface area contributed by atoms with E-state index in [0.717, 1.165) is 17.9 Å². The molecule has 4 aliphatic rings. The maximum Gasteiger partial charge on any atom is 0.0224 e. The average molecular weight is 377 g/mol. The van der Waals surface area contributed by atoms with Crippen LogP contribution in [0.2, 0.25) is 0 Å². The maximum absolute atomic E-state index is 3.80. The van der Waals surface area contributed by atoms with Crippen LogP contribution in [0.25, 0.3) is 0 Å². The molecule has 0 bridgehead atoms. The Bertz CT molecular complexity index is 515. The summed E-state index contributed by atoms with van der Waals surface area (Å²) >= 11 is 0. The van der Waals surface area contributed by atoms with E-state index in [9.17, 15) is 0 Å². The molecule has 4 fully saturated rings. The van der Waals surface area contributed by atoms with Crippen molar-refractivity contribution >= 4 is 0 Å². The molecule has 4 heterocycles. The molecule has 1 spiro atoms. The highest BCUT2D eigenvalue weighted by molar-refractivity contribution is 5.03. The molecular formula is C23H44N4. The Kier molecular flexibility index (Phi) is 5.42. The molecule has 0 radical (unpaired) electrons. The summed E-state index contributed by atoms with van der Waals surface area (Å²) < 4.78 is 0. The molecule has 0 aromatic heterocycles. The SMILES string of the molecule is CC(C)(C)N1CCC2(CC1)CNCC2CC(C)(C)N1CCC2CCNC2C1. The fourth-order valence-corrected chi connectivity index (χ4v) is 6.67. The molecule has 0 aromatic rings. The van der Waals surface area contributed by atoms with Gasteiger partial charge in [0.25, 0.3) is 0 Å². The molecule has 3 atom stereocenters. The van der Waals surface area contributed by atoms with E-state index < -0.39 is 0 Å². The molecule has 4 aliphatic heterocycles. The topological polar surface area (TPSA) is 30.5 Å². The molecule has 0 aliphatic carbocycles. The molecule has 3 unspecified atom stereocenters. The fourth-order valence-electron chi connectivity index (χ4n) is 6.67. The second-order valence-corrected chi connectivity index (χ2v) is 11.7. The number of likely N-dealkylation sites (tertiary alicyclic amines) is 2. The first-order chi connectivity index (χ1) is 12.7. The van der Waals surface area contributed by atoms with Gasteiger partial charge in [-0.3, -0.25) is 9.80 Å². The van der Waals surface area contributed by atoms with Gasteiger partial charge in [-0.15, -0.1) is 0 Å². The van der Waals surface area contributed by atoms with Crippen molar-refractivity contribution in [2.75, 3.05) is 45.8 Å². The highest BCUT2D eigenvalue weighted by atomic mass is 15.2. The zero-order chi connectivity index (χ0) is 19.3. The Morgan fingerprint density at radius 3 is 2.41 bits per heavy atom. The van der Waals surface area contributed by atoms with Gasteiger partial charge in [-0.05, 0) is 117 Å². The molecule has 0 saturated carbocycles. The van der Waals surface area contributed by atoms with Crippen LogP contribution in [0.15, 0.2) is 0 Å². The lowest BCUT2D eigenvalue weighted by Gasteiger charge is -2.50. The summed E-state index contributed by atoms with van der Waals surface area (Å²) in [4.78, 5) is 5.53. The second-order valence-electron chi connectivity index (χ2n) is 11.7. The normalized spacial score (nSPS) is 35.7. The van der Waals surface area contributed by atoms with Crippen molar-refractivity contribution in [3.05, 3.63) is 0 Å². The first kappa shape index (κ1) is 20.1. The number of piperidine rings is 2. The number of nitrogens with one attached hydrogen (secondary N) is 2. The van der Waals surface area contributed by atoms with Crippen molar-refractivity contribution in [1.29, 1.82) is 0 Å². The predicted octanol–water partition coefficient (Wildman–Crippen LogP) is 2.94. The zero-order valence-electron chi connectivity index (χ0n) is 18.6. The van der Waals surface area contributed by atoms with Gasteiger partial charge in [0.05, 0.1) is 0 Å². The second kappa shape index (κ2) is 7.27. The van der Waals surface area contributed by atoms with E-state index in [1.165, 1.54) is 77.9 Å². The minimum atomic E-state index is 0.320. The monoisotopic (exact) mass is 376 g/mol. The summed E-state index contributed by atoms with van der Waals surface area (Å²) in [6.45, 7) is 21.0. The summed E-state index contributed by atoms with van der Waals surface area (Å²) in [6, 6.07) is 0.753. The van der Waals surface area contributed by atoms with Gasteiger partial charge in [-0.2, -0.15) is 0 Å². The Morgan fingerprint density at radius 2 is 1.70 bits per heavy atom. The van der Waals surface area contributed by atoms with Gasteiger partial charge in [0, 0.05) is 30.2 Å². The lowest BCUT2D eigenvalue weighted by molar-refractivity contribution is -0.00125. The Balaban J connectivity index is 1.39. The molecule has 4 saturated heterocycles. The Labute approximate surface area is 167 Å². The smallest absolute Gasteiger partial charge is 0.0224 e. The van der Waals surface area contributed by atoms with E-state index in [-0.39, 0.29) is 0 Å². The minimum absolute atomic E-state index is 0.320. The van der Waals surface area contributed by atoms with Crippen molar-refractivity contribution in [2.45, 2.75) is 83.8 Å². The van der Waals surface area contributed by atoms with Gasteiger partial charge >= 0.3 is 0 Å². The van der Waals surface area contributed by atoms with Gasteiger partial charge in [0.1, 0.15) is 0 Å². The van der Waals surface area contributed by atoms with Gasteiger partial charge < -0.3 is 10.6 Å². The third-order valence-electron chi connectivity index (χ3n) is 8.72. The summed E-state index contributed by atoms with van der Waals surface area (Å²) in [7, 11) is 0. The first-order valence-electron chi connectivity index (χ1n) is 11.6. The van der Waals surface area contributed by atoms with E-state index in [0.29, 0.717) is 16.5 Å². The molecule has 4 nitrogen and oxygen atoms in total. The van der Waals surface area contributed by atoms with Crippen molar-refractivity contribution in [2.24, 2.45) is 17.3 Å². The predicted molar refractivity (Wildman–Crippen MR) is 114 cm³/mol. The number of fused-ring (bicyclic) bond motifs is 1.